The van der Waals surface area contributed by atoms with Gasteiger partial charge in [0.1, 0.15) is 11.0 Å². The summed E-state index contributed by atoms with van der Waals surface area (Å²) in [6.45, 7) is 0. The highest BCUT2D eigenvalue weighted by atomic mass is 32.2. The van der Waals surface area contributed by atoms with Crippen LogP contribution in [0.15, 0.2) is 59.7 Å². The molecule has 2 aromatic rings. The first-order valence-corrected chi connectivity index (χ1v) is 10.2. The summed E-state index contributed by atoms with van der Waals surface area (Å²) in [5.41, 5.74) is 2.95. The Bertz CT molecular complexity index is 1010. The molecule has 0 aromatic heterocycles. The normalized spacial score (nSPS) is 27.0. The minimum Gasteiger partial charge on any atom is -0.469 e. The minimum absolute atomic E-state index is 0.0292. The van der Waals surface area contributed by atoms with Crippen molar-refractivity contribution in [1.82, 2.24) is 10.3 Å². The molecule has 5 rings (SSSR count). The summed E-state index contributed by atoms with van der Waals surface area (Å²) >= 11 is 1.05. The highest BCUT2D eigenvalue weighted by Gasteiger charge is 2.61. The monoisotopic (exact) mass is 409 g/mol. The van der Waals surface area contributed by atoms with Gasteiger partial charge in [0, 0.05) is 12.0 Å². The van der Waals surface area contributed by atoms with Gasteiger partial charge in [-0.05, 0) is 11.6 Å². The first kappa shape index (κ1) is 18.1. The Morgan fingerprint density at radius 3 is 2.83 bits per heavy atom. The summed E-state index contributed by atoms with van der Waals surface area (Å²) in [5.74, 6) is -0.953. The van der Waals surface area contributed by atoms with Gasteiger partial charge in [-0.2, -0.15) is 5.10 Å². The number of nitrogens with one attached hydrogen (secondary N) is 1. The van der Waals surface area contributed by atoms with Gasteiger partial charge in [-0.15, -0.1) is 0 Å². The van der Waals surface area contributed by atoms with E-state index in [-0.39, 0.29) is 17.7 Å². The third kappa shape index (κ3) is 2.86. The van der Waals surface area contributed by atoms with Gasteiger partial charge in [-0.25, -0.2) is 5.01 Å². The van der Waals surface area contributed by atoms with Crippen LogP contribution in [0.4, 0.5) is 4.79 Å². The standard InChI is InChI=1S/C21H19N3O4S/c1-27-19(25)12-18-21(22-20(26)29-18)24-16(14-9-5-6-10-17(14)28-21)11-15(23-24)13-7-3-2-4-8-13/h2-10,16,18H,11-12H2,1H3,(H,22,26)/t16-,18+,21-/m1/s1. The average Bonchev–Trinajstić information content (AvgIpc) is 3.32. The van der Waals surface area contributed by atoms with Crippen molar-refractivity contribution in [3.63, 3.8) is 0 Å². The molecular weight excluding hydrogens is 390 g/mol. The lowest BCUT2D eigenvalue weighted by molar-refractivity contribution is -0.150. The highest BCUT2D eigenvalue weighted by Crippen LogP contribution is 2.51. The van der Waals surface area contributed by atoms with E-state index in [2.05, 4.69) is 5.32 Å². The van der Waals surface area contributed by atoms with E-state index < -0.39 is 17.1 Å². The van der Waals surface area contributed by atoms with E-state index in [4.69, 9.17) is 14.6 Å². The van der Waals surface area contributed by atoms with Gasteiger partial charge in [0.25, 0.3) is 11.1 Å². The molecule has 0 saturated carbocycles. The number of benzene rings is 2. The van der Waals surface area contributed by atoms with Crippen molar-refractivity contribution in [1.29, 1.82) is 0 Å². The fraction of sp³-hybridized carbons (Fsp3) is 0.286. The van der Waals surface area contributed by atoms with E-state index in [9.17, 15) is 9.59 Å². The van der Waals surface area contributed by atoms with Crippen LogP contribution in [-0.2, 0) is 9.53 Å². The molecule has 3 heterocycles. The van der Waals surface area contributed by atoms with Crippen LogP contribution in [-0.4, -0.2) is 40.1 Å². The number of nitrogens with zero attached hydrogens (tertiary/aromatic N) is 2. The minimum atomic E-state index is -1.24. The fourth-order valence-corrected chi connectivity index (χ4v) is 5.16. The number of hydrazone groups is 1. The van der Waals surface area contributed by atoms with Gasteiger partial charge >= 0.3 is 5.97 Å². The smallest absolute Gasteiger partial charge is 0.306 e. The number of rotatable bonds is 3. The molecule has 0 radical (unpaired) electrons. The van der Waals surface area contributed by atoms with Crippen LogP contribution < -0.4 is 10.1 Å². The zero-order chi connectivity index (χ0) is 20.0. The molecule has 29 heavy (non-hydrogen) atoms. The maximum atomic E-state index is 12.4. The zero-order valence-corrected chi connectivity index (χ0v) is 16.5. The van der Waals surface area contributed by atoms with E-state index in [1.54, 1.807) is 0 Å². The molecular formula is C21H19N3O4S. The van der Waals surface area contributed by atoms with Crippen molar-refractivity contribution >= 4 is 28.7 Å². The zero-order valence-electron chi connectivity index (χ0n) is 15.7. The predicted molar refractivity (Wildman–Crippen MR) is 109 cm³/mol. The predicted octanol–water partition coefficient (Wildman–Crippen LogP) is 3.27. The molecule has 3 aliphatic rings. The lowest BCUT2D eigenvalue weighted by Gasteiger charge is -2.47. The molecule has 0 bridgehead atoms. The second-order valence-corrected chi connectivity index (χ2v) is 8.29. The molecule has 2 aromatic carbocycles. The topological polar surface area (TPSA) is 80.2 Å². The van der Waals surface area contributed by atoms with Crippen molar-refractivity contribution in [2.24, 2.45) is 5.10 Å². The molecule has 1 N–H and O–H groups in total. The molecule has 1 fully saturated rings. The lowest BCUT2D eigenvalue weighted by Crippen LogP contribution is -2.65. The number of fused-ring (bicyclic) bond motifs is 4. The first-order chi connectivity index (χ1) is 14.1. The molecule has 3 atom stereocenters. The van der Waals surface area contributed by atoms with E-state index in [1.165, 1.54) is 7.11 Å². The largest absolute Gasteiger partial charge is 0.469 e. The van der Waals surface area contributed by atoms with Gasteiger partial charge in [0.15, 0.2) is 0 Å². The summed E-state index contributed by atoms with van der Waals surface area (Å²) in [6, 6.07) is 17.6. The second kappa shape index (κ2) is 6.81. The van der Waals surface area contributed by atoms with Crippen LogP contribution in [0.1, 0.15) is 30.0 Å². The van der Waals surface area contributed by atoms with Crippen molar-refractivity contribution in [2.75, 3.05) is 7.11 Å². The summed E-state index contributed by atoms with van der Waals surface area (Å²) < 4.78 is 11.2. The molecule has 0 aliphatic carbocycles. The maximum Gasteiger partial charge on any atom is 0.306 e. The van der Waals surface area contributed by atoms with E-state index in [0.29, 0.717) is 12.2 Å². The third-order valence-corrected chi connectivity index (χ3v) is 6.53. The van der Waals surface area contributed by atoms with Gasteiger partial charge in [-0.1, -0.05) is 60.3 Å². The van der Waals surface area contributed by atoms with Gasteiger partial charge in [-0.3, -0.25) is 14.9 Å². The Balaban J connectivity index is 1.62. The second-order valence-electron chi connectivity index (χ2n) is 7.11. The summed E-state index contributed by atoms with van der Waals surface area (Å²) in [6.07, 6.45) is 0.707. The Morgan fingerprint density at radius 1 is 1.28 bits per heavy atom. The number of hydrogen-bond acceptors (Lipinski definition) is 7. The molecule has 7 nitrogen and oxygen atoms in total. The van der Waals surface area contributed by atoms with Gasteiger partial charge < -0.3 is 9.47 Å². The van der Waals surface area contributed by atoms with Crippen molar-refractivity contribution < 1.29 is 19.1 Å². The highest BCUT2D eigenvalue weighted by molar-refractivity contribution is 8.14. The third-order valence-electron chi connectivity index (χ3n) is 5.45. The van der Waals surface area contributed by atoms with Gasteiger partial charge in [0.05, 0.1) is 25.3 Å². The van der Waals surface area contributed by atoms with Crippen LogP contribution in [0.25, 0.3) is 0 Å². The molecule has 148 valence electrons. The Kier molecular flexibility index (Phi) is 4.24. The van der Waals surface area contributed by atoms with Crippen molar-refractivity contribution in [3.8, 4) is 5.75 Å². The number of esters is 1. The van der Waals surface area contributed by atoms with Crippen LogP contribution in [0.3, 0.4) is 0 Å². The van der Waals surface area contributed by atoms with E-state index in [1.807, 2.05) is 59.6 Å². The summed E-state index contributed by atoms with van der Waals surface area (Å²) in [4.78, 5) is 24.4. The summed E-state index contributed by atoms with van der Waals surface area (Å²) in [5, 5.41) is 8.89. The van der Waals surface area contributed by atoms with E-state index >= 15 is 0 Å². The molecule has 1 amide bonds. The SMILES string of the molecule is COC(=O)C[C@@H]1SC(=O)N[C@]12Oc1ccccc1[C@H]1CC(c3ccccc3)=NN12. The van der Waals surface area contributed by atoms with Crippen molar-refractivity contribution in [3.05, 3.63) is 65.7 Å². The van der Waals surface area contributed by atoms with Gasteiger partial charge in [0.2, 0.25) is 0 Å². The molecule has 0 unspecified atom stereocenters. The average molecular weight is 409 g/mol. The van der Waals surface area contributed by atoms with Crippen LogP contribution in [0, 0.1) is 0 Å². The van der Waals surface area contributed by atoms with E-state index in [0.717, 1.165) is 28.6 Å². The number of para-hydroxylation sites is 1. The van der Waals surface area contributed by atoms with Crippen LogP contribution in [0.2, 0.25) is 0 Å². The number of amides is 1. The number of carbonyl (C=O) groups is 2. The quantitative estimate of drug-likeness (QED) is 0.784. The Labute approximate surface area is 172 Å². The molecule has 3 aliphatic heterocycles. The van der Waals surface area contributed by atoms with Crippen molar-refractivity contribution in [2.45, 2.75) is 30.0 Å². The number of methoxy groups -OCH3 is 1. The van der Waals surface area contributed by atoms with Crippen LogP contribution >= 0.6 is 11.8 Å². The molecule has 1 saturated heterocycles. The number of hydrogen-bond donors (Lipinski definition) is 1. The molecule has 1 spiro atoms. The Hall–Kier alpha value is -3.00. The lowest BCUT2D eigenvalue weighted by atomic mass is 9.95. The first-order valence-electron chi connectivity index (χ1n) is 9.36. The molecule has 8 heteroatoms. The fourth-order valence-electron chi connectivity index (χ4n) is 4.10. The maximum absolute atomic E-state index is 12.4. The number of carbonyl (C=O) groups excluding carboxylic acids is 2. The number of ether oxygens (including phenoxy) is 2. The number of thioether (sulfide) groups is 1. The summed E-state index contributed by atoms with van der Waals surface area (Å²) in [7, 11) is 1.34. The van der Waals surface area contributed by atoms with Crippen LogP contribution in [0.5, 0.6) is 5.75 Å². The Morgan fingerprint density at radius 2 is 2.03 bits per heavy atom.